The predicted octanol–water partition coefficient (Wildman–Crippen LogP) is 7.76. The van der Waals surface area contributed by atoms with Crippen molar-refractivity contribution < 1.29 is 103 Å². The molecule has 1 fully saturated rings. The third kappa shape index (κ3) is 5.91. The topological polar surface area (TPSA) is 63.6 Å². The van der Waals surface area contributed by atoms with E-state index >= 15 is 0 Å². The Labute approximate surface area is 225 Å². The second kappa shape index (κ2) is 11.4. The summed E-state index contributed by atoms with van der Waals surface area (Å²) in [6.45, 7) is 0. The van der Waals surface area contributed by atoms with Gasteiger partial charge in [-0.3, -0.25) is 0 Å². The zero-order valence-electron chi connectivity index (χ0n) is 20.2. The lowest BCUT2D eigenvalue weighted by Crippen LogP contribution is -2.76. The lowest BCUT2D eigenvalue weighted by atomic mass is 9.79. The van der Waals surface area contributed by atoms with Crippen molar-refractivity contribution in [2.75, 3.05) is 0 Å². The molecule has 1 atom stereocenters. The standard InChI is InChI=1S/C20H15F19O4/c21-12(22,11(8-4-2-1-3-5-8)43-10(42)7-6-9(40)41)13(23,24)14(25,26)15(27,28)16(29,30)17(31,32)18(33,34)19(35,36)20(37,38)39/h6-8,11H,1-5H2,(H,40,41)/b7-6+. The number of carboxylic acid groups (broad SMARTS) is 1. The highest BCUT2D eigenvalue weighted by Gasteiger charge is 2.97. The summed E-state index contributed by atoms with van der Waals surface area (Å²) in [6.07, 6.45) is -14.5. The number of carbonyl (C=O) groups excluding carboxylic acids is 1. The van der Waals surface area contributed by atoms with Crippen LogP contribution >= 0.6 is 0 Å². The van der Waals surface area contributed by atoms with Crippen molar-refractivity contribution in [3.8, 4) is 0 Å². The van der Waals surface area contributed by atoms with Crippen LogP contribution in [0.25, 0.3) is 0 Å². The molecule has 0 aliphatic heterocycles. The lowest BCUT2D eigenvalue weighted by molar-refractivity contribution is -0.471. The molecular weight excluding hydrogens is 665 g/mol. The number of ether oxygens (including phenoxy) is 1. The normalized spacial score (nSPS) is 18.6. The second-order valence-corrected chi connectivity index (χ2v) is 9.07. The summed E-state index contributed by atoms with van der Waals surface area (Å²) in [5.41, 5.74) is 0. The molecule has 0 aromatic heterocycles. The number of esters is 1. The number of rotatable bonds is 12. The van der Waals surface area contributed by atoms with Crippen molar-refractivity contribution in [1.82, 2.24) is 0 Å². The molecule has 0 bridgehead atoms. The van der Waals surface area contributed by atoms with Gasteiger partial charge in [-0.25, -0.2) is 9.59 Å². The molecule has 0 aromatic rings. The first kappa shape index (κ1) is 38.4. The van der Waals surface area contributed by atoms with Crippen LogP contribution in [0.15, 0.2) is 12.2 Å². The number of alkyl halides is 19. The molecule has 0 amide bonds. The van der Waals surface area contributed by atoms with Crippen molar-refractivity contribution >= 4 is 11.9 Å². The highest BCUT2D eigenvalue weighted by molar-refractivity contribution is 5.90. The quantitative estimate of drug-likeness (QED) is 0.130. The molecule has 252 valence electrons. The summed E-state index contributed by atoms with van der Waals surface area (Å²) in [5, 5.41) is 8.38. The van der Waals surface area contributed by atoms with E-state index in [1.807, 2.05) is 0 Å². The fourth-order valence-corrected chi connectivity index (χ4v) is 3.76. The fourth-order valence-electron chi connectivity index (χ4n) is 3.76. The summed E-state index contributed by atoms with van der Waals surface area (Å²) in [7, 11) is 0. The molecule has 1 unspecified atom stereocenters. The minimum atomic E-state index is -9.07. The minimum absolute atomic E-state index is 0.115. The Balaban J connectivity index is 3.79. The largest absolute Gasteiger partial charge is 0.478 e. The molecule has 0 saturated heterocycles. The van der Waals surface area contributed by atoms with E-state index in [0.29, 0.717) is 0 Å². The Morgan fingerprint density at radius 1 is 0.558 bits per heavy atom. The van der Waals surface area contributed by atoms with Crippen molar-refractivity contribution in [2.24, 2.45) is 5.92 Å². The number of hydrogen-bond donors (Lipinski definition) is 1. The van der Waals surface area contributed by atoms with Crippen LogP contribution in [0.5, 0.6) is 0 Å². The fraction of sp³-hybridized carbons (Fsp3) is 0.800. The van der Waals surface area contributed by atoms with Crippen LogP contribution in [0.2, 0.25) is 0 Å². The van der Waals surface area contributed by atoms with Crippen LogP contribution in [0, 0.1) is 5.92 Å². The van der Waals surface area contributed by atoms with E-state index in [2.05, 4.69) is 4.74 Å². The first-order valence-corrected chi connectivity index (χ1v) is 11.0. The molecular formula is C20H15F19O4. The molecule has 1 rings (SSSR count). The van der Waals surface area contributed by atoms with E-state index in [1.165, 1.54) is 0 Å². The Kier molecular flexibility index (Phi) is 10.1. The van der Waals surface area contributed by atoms with Gasteiger partial charge in [-0.05, 0) is 12.8 Å². The number of halogens is 19. The van der Waals surface area contributed by atoms with Crippen molar-refractivity contribution in [3.05, 3.63) is 12.2 Å². The average Bonchev–Trinajstić information content (AvgIpc) is 2.84. The monoisotopic (exact) mass is 680 g/mol. The molecule has 0 heterocycles. The van der Waals surface area contributed by atoms with Crippen molar-refractivity contribution in [1.29, 1.82) is 0 Å². The Morgan fingerprint density at radius 2 is 0.907 bits per heavy atom. The Hall–Kier alpha value is -2.65. The van der Waals surface area contributed by atoms with Gasteiger partial charge in [-0.2, -0.15) is 83.4 Å². The number of aliphatic carboxylic acids is 1. The van der Waals surface area contributed by atoms with E-state index < -0.39 is 90.4 Å². The van der Waals surface area contributed by atoms with Crippen molar-refractivity contribution in [3.63, 3.8) is 0 Å². The zero-order valence-corrected chi connectivity index (χ0v) is 20.2. The van der Waals surface area contributed by atoms with Crippen LogP contribution in [-0.4, -0.2) is 76.7 Å². The molecule has 0 aromatic carbocycles. The van der Waals surface area contributed by atoms with E-state index in [9.17, 15) is 93.0 Å². The maximum atomic E-state index is 14.9. The molecule has 1 saturated carbocycles. The smallest absolute Gasteiger partial charge is 0.460 e. The number of carbonyl (C=O) groups is 2. The van der Waals surface area contributed by atoms with Gasteiger partial charge in [-0.1, -0.05) is 19.3 Å². The van der Waals surface area contributed by atoms with Gasteiger partial charge in [0.25, 0.3) is 0 Å². The Morgan fingerprint density at radius 3 is 1.26 bits per heavy atom. The van der Waals surface area contributed by atoms with Gasteiger partial charge in [0.15, 0.2) is 6.10 Å². The van der Waals surface area contributed by atoms with Gasteiger partial charge in [0.05, 0.1) is 0 Å². The molecule has 1 N–H and O–H groups in total. The Bertz CT molecular complexity index is 1060. The van der Waals surface area contributed by atoms with Gasteiger partial charge in [0, 0.05) is 18.1 Å². The van der Waals surface area contributed by atoms with Gasteiger partial charge < -0.3 is 9.84 Å². The third-order valence-electron chi connectivity index (χ3n) is 6.18. The van der Waals surface area contributed by atoms with E-state index in [0.717, 1.165) is 0 Å². The second-order valence-electron chi connectivity index (χ2n) is 9.07. The SMILES string of the molecule is O=C(O)/C=C/C(=O)OC(C1CCCCC1)C(F)(F)C(F)(F)C(F)(F)C(F)(F)C(F)(F)C(F)(F)C(F)(F)C(F)(F)C(F)(F)F. The van der Waals surface area contributed by atoms with Gasteiger partial charge >= 0.3 is 65.5 Å². The van der Waals surface area contributed by atoms with Crippen LogP contribution < -0.4 is 0 Å². The first-order chi connectivity index (χ1) is 18.8. The van der Waals surface area contributed by atoms with Crippen LogP contribution in [0.3, 0.4) is 0 Å². The highest BCUT2D eigenvalue weighted by Crippen LogP contribution is 2.65. The average molecular weight is 680 g/mol. The summed E-state index contributed by atoms with van der Waals surface area (Å²) in [6, 6.07) is 0. The molecule has 1 aliphatic rings. The van der Waals surface area contributed by atoms with Crippen LogP contribution in [0.1, 0.15) is 32.1 Å². The summed E-state index contributed by atoms with van der Waals surface area (Å²) in [5.74, 6) is -74.8. The molecule has 0 spiro atoms. The third-order valence-corrected chi connectivity index (χ3v) is 6.18. The summed E-state index contributed by atoms with van der Waals surface area (Å²) in [4.78, 5) is 22.1. The van der Waals surface area contributed by atoms with Crippen LogP contribution in [0.4, 0.5) is 83.4 Å². The summed E-state index contributed by atoms with van der Waals surface area (Å²) >= 11 is 0. The van der Waals surface area contributed by atoms with Gasteiger partial charge in [0.2, 0.25) is 0 Å². The molecule has 43 heavy (non-hydrogen) atoms. The van der Waals surface area contributed by atoms with Gasteiger partial charge in [-0.15, -0.1) is 0 Å². The van der Waals surface area contributed by atoms with Crippen molar-refractivity contribution in [2.45, 2.75) is 91.8 Å². The number of carboxylic acids is 1. The molecule has 23 heteroatoms. The predicted molar refractivity (Wildman–Crippen MR) is 98.9 cm³/mol. The maximum absolute atomic E-state index is 14.9. The molecule has 1 aliphatic carbocycles. The number of hydrogen-bond acceptors (Lipinski definition) is 3. The zero-order chi connectivity index (χ0) is 34.5. The maximum Gasteiger partial charge on any atom is 0.460 e. The van der Waals surface area contributed by atoms with Gasteiger partial charge in [0.1, 0.15) is 0 Å². The highest BCUT2D eigenvalue weighted by atomic mass is 19.4. The minimum Gasteiger partial charge on any atom is -0.478 e. The lowest BCUT2D eigenvalue weighted by Gasteiger charge is -2.45. The molecule has 4 nitrogen and oxygen atoms in total. The first-order valence-electron chi connectivity index (χ1n) is 11.0. The van der Waals surface area contributed by atoms with Crippen LogP contribution in [-0.2, 0) is 14.3 Å². The van der Waals surface area contributed by atoms with E-state index in [4.69, 9.17) is 5.11 Å². The summed E-state index contributed by atoms with van der Waals surface area (Å²) < 4.78 is 263. The van der Waals surface area contributed by atoms with E-state index in [1.54, 1.807) is 0 Å². The molecule has 0 radical (unpaired) electrons. The van der Waals surface area contributed by atoms with E-state index in [-0.39, 0.29) is 31.4 Å².